The van der Waals surface area contributed by atoms with Crippen LogP contribution in [0.5, 0.6) is 11.5 Å². The van der Waals surface area contributed by atoms with Crippen LogP contribution in [0, 0.1) is 11.3 Å². The Bertz CT molecular complexity index is 688. The molecule has 0 spiro atoms. The molecule has 106 valence electrons. The fourth-order valence-corrected chi connectivity index (χ4v) is 1.74. The van der Waals surface area contributed by atoms with Gasteiger partial charge in [-0.1, -0.05) is 6.07 Å². The van der Waals surface area contributed by atoms with Crippen molar-refractivity contribution in [3.63, 3.8) is 0 Å². The number of hydrogen-bond acceptors (Lipinski definition) is 5. The van der Waals surface area contributed by atoms with Crippen molar-refractivity contribution in [1.29, 1.82) is 5.26 Å². The highest BCUT2D eigenvalue weighted by molar-refractivity contribution is 5.96. The molecule has 2 N–H and O–H groups in total. The van der Waals surface area contributed by atoms with Crippen LogP contribution < -0.4 is 10.5 Å². The van der Waals surface area contributed by atoms with Gasteiger partial charge in [-0.15, -0.1) is 0 Å². The number of nitrogen functional groups attached to an aromatic ring is 1. The van der Waals surface area contributed by atoms with Crippen LogP contribution in [0.1, 0.15) is 22.8 Å². The zero-order valence-corrected chi connectivity index (χ0v) is 11.5. The van der Waals surface area contributed by atoms with Crippen molar-refractivity contribution in [3.05, 3.63) is 53.6 Å². The molecular formula is C16H14N2O3. The Hall–Kier alpha value is -3.00. The molecule has 5 nitrogen and oxygen atoms in total. The van der Waals surface area contributed by atoms with E-state index in [1.54, 1.807) is 49.4 Å². The van der Waals surface area contributed by atoms with Crippen LogP contribution in [0.3, 0.4) is 0 Å². The number of nitrogens with two attached hydrogens (primary N) is 1. The molecule has 0 saturated heterocycles. The van der Waals surface area contributed by atoms with Crippen molar-refractivity contribution in [2.45, 2.75) is 6.92 Å². The third-order valence-electron chi connectivity index (χ3n) is 2.77. The molecule has 2 aromatic carbocycles. The fourth-order valence-electron chi connectivity index (χ4n) is 1.74. The average Bonchev–Trinajstić information content (AvgIpc) is 2.50. The van der Waals surface area contributed by atoms with E-state index in [0.717, 1.165) is 0 Å². The minimum atomic E-state index is -0.486. The highest BCUT2D eigenvalue weighted by Crippen LogP contribution is 2.30. The zero-order chi connectivity index (χ0) is 15.2. The molecule has 0 saturated carbocycles. The zero-order valence-electron chi connectivity index (χ0n) is 11.5. The molecule has 0 atom stereocenters. The Balaban J connectivity index is 2.26. The summed E-state index contributed by atoms with van der Waals surface area (Å²) in [5.74, 6) is 0.409. The predicted octanol–water partition coefficient (Wildman–Crippen LogP) is 3.11. The van der Waals surface area contributed by atoms with Gasteiger partial charge in [-0.3, -0.25) is 0 Å². The van der Waals surface area contributed by atoms with Gasteiger partial charge in [-0.25, -0.2) is 4.79 Å². The van der Waals surface area contributed by atoms with E-state index < -0.39 is 5.97 Å². The van der Waals surface area contributed by atoms with Crippen LogP contribution in [-0.2, 0) is 4.74 Å². The molecule has 0 bridgehead atoms. The Morgan fingerprint density at radius 3 is 2.57 bits per heavy atom. The number of anilines is 1. The minimum Gasteiger partial charge on any atom is -0.462 e. The van der Waals surface area contributed by atoms with Crippen LogP contribution in [-0.4, -0.2) is 12.6 Å². The summed E-state index contributed by atoms with van der Waals surface area (Å²) in [6.07, 6.45) is 0. The Morgan fingerprint density at radius 1 is 1.24 bits per heavy atom. The van der Waals surface area contributed by atoms with Crippen molar-refractivity contribution in [3.8, 4) is 17.6 Å². The van der Waals surface area contributed by atoms with Gasteiger partial charge in [0.25, 0.3) is 0 Å². The quantitative estimate of drug-likeness (QED) is 0.688. The van der Waals surface area contributed by atoms with Crippen LogP contribution in [0.25, 0.3) is 0 Å². The number of hydrogen-bond donors (Lipinski definition) is 1. The van der Waals surface area contributed by atoms with Crippen LogP contribution >= 0.6 is 0 Å². The molecule has 0 aliphatic rings. The lowest BCUT2D eigenvalue weighted by Gasteiger charge is -2.11. The lowest BCUT2D eigenvalue weighted by molar-refractivity contribution is 0.0527. The molecule has 21 heavy (non-hydrogen) atoms. The first kappa shape index (κ1) is 14.4. The molecule has 0 aliphatic heterocycles. The van der Waals surface area contributed by atoms with E-state index in [1.165, 1.54) is 0 Å². The number of nitriles is 1. The number of ether oxygens (including phenoxy) is 2. The summed E-state index contributed by atoms with van der Waals surface area (Å²) in [5, 5.41) is 8.75. The fraction of sp³-hybridized carbons (Fsp3) is 0.125. The van der Waals surface area contributed by atoms with E-state index in [-0.39, 0.29) is 17.9 Å². The highest BCUT2D eigenvalue weighted by Gasteiger charge is 2.14. The lowest BCUT2D eigenvalue weighted by Crippen LogP contribution is -2.08. The van der Waals surface area contributed by atoms with Gasteiger partial charge in [0, 0.05) is 0 Å². The van der Waals surface area contributed by atoms with Gasteiger partial charge in [0.2, 0.25) is 0 Å². The van der Waals surface area contributed by atoms with Gasteiger partial charge in [-0.2, -0.15) is 5.26 Å². The second kappa shape index (κ2) is 6.44. The normalized spacial score (nSPS) is 9.71. The number of benzene rings is 2. The molecule has 0 radical (unpaired) electrons. The number of carbonyl (C=O) groups excluding carboxylic acids is 1. The topological polar surface area (TPSA) is 85.3 Å². The maximum Gasteiger partial charge on any atom is 0.340 e. The summed E-state index contributed by atoms with van der Waals surface area (Å²) in [6.45, 7) is 2.00. The summed E-state index contributed by atoms with van der Waals surface area (Å²) >= 11 is 0. The molecule has 0 aromatic heterocycles. The van der Waals surface area contributed by atoms with Gasteiger partial charge in [0.05, 0.1) is 29.5 Å². The van der Waals surface area contributed by atoms with E-state index in [4.69, 9.17) is 20.5 Å². The number of para-hydroxylation sites is 1. The van der Waals surface area contributed by atoms with Gasteiger partial charge >= 0.3 is 5.97 Å². The van der Waals surface area contributed by atoms with E-state index in [9.17, 15) is 4.79 Å². The van der Waals surface area contributed by atoms with Crippen molar-refractivity contribution in [2.75, 3.05) is 12.3 Å². The third-order valence-corrected chi connectivity index (χ3v) is 2.77. The van der Waals surface area contributed by atoms with E-state index in [2.05, 4.69) is 0 Å². The smallest absolute Gasteiger partial charge is 0.340 e. The molecule has 5 heteroatoms. The second-order valence-corrected chi connectivity index (χ2v) is 4.18. The maximum absolute atomic E-state index is 11.8. The molecule has 0 heterocycles. The number of nitrogens with zero attached hydrogens (tertiary/aromatic N) is 1. The monoisotopic (exact) mass is 282 g/mol. The summed E-state index contributed by atoms with van der Waals surface area (Å²) in [4.78, 5) is 11.8. The largest absolute Gasteiger partial charge is 0.462 e. The number of carbonyl (C=O) groups is 1. The van der Waals surface area contributed by atoms with E-state index in [0.29, 0.717) is 17.1 Å². The van der Waals surface area contributed by atoms with Crippen molar-refractivity contribution < 1.29 is 14.3 Å². The Kier molecular flexibility index (Phi) is 4.42. The van der Waals surface area contributed by atoms with Gasteiger partial charge in [0.15, 0.2) is 5.75 Å². The standard InChI is InChI=1S/C16H14N2O3/c1-2-20-16(19)13-4-3-5-14(15(13)18)21-12-8-6-11(10-17)7-9-12/h3-9H,2,18H2,1H3. The number of rotatable bonds is 4. The SMILES string of the molecule is CCOC(=O)c1cccc(Oc2ccc(C#N)cc2)c1N. The minimum absolute atomic E-state index is 0.223. The van der Waals surface area contributed by atoms with Crippen molar-refractivity contribution in [2.24, 2.45) is 0 Å². The average molecular weight is 282 g/mol. The number of esters is 1. The lowest BCUT2D eigenvalue weighted by atomic mass is 10.1. The Morgan fingerprint density at radius 2 is 1.95 bits per heavy atom. The summed E-state index contributed by atoms with van der Waals surface area (Å²) in [6, 6.07) is 13.5. The molecular weight excluding hydrogens is 268 g/mol. The molecule has 2 aromatic rings. The van der Waals surface area contributed by atoms with Gasteiger partial charge < -0.3 is 15.2 Å². The predicted molar refractivity (Wildman–Crippen MR) is 78.0 cm³/mol. The molecule has 0 aliphatic carbocycles. The third kappa shape index (κ3) is 3.31. The molecule has 2 rings (SSSR count). The van der Waals surface area contributed by atoms with Crippen molar-refractivity contribution in [1.82, 2.24) is 0 Å². The van der Waals surface area contributed by atoms with Crippen LogP contribution in [0.4, 0.5) is 5.69 Å². The molecule has 0 unspecified atom stereocenters. The van der Waals surface area contributed by atoms with Gasteiger partial charge in [0.1, 0.15) is 5.75 Å². The van der Waals surface area contributed by atoms with Crippen LogP contribution in [0.2, 0.25) is 0 Å². The maximum atomic E-state index is 11.8. The van der Waals surface area contributed by atoms with Gasteiger partial charge in [-0.05, 0) is 43.3 Å². The molecule has 0 amide bonds. The van der Waals surface area contributed by atoms with E-state index in [1.807, 2.05) is 6.07 Å². The highest BCUT2D eigenvalue weighted by atomic mass is 16.5. The summed E-state index contributed by atoms with van der Waals surface area (Å²) < 4.78 is 10.6. The van der Waals surface area contributed by atoms with Crippen LogP contribution in [0.15, 0.2) is 42.5 Å². The van der Waals surface area contributed by atoms with Crippen molar-refractivity contribution >= 4 is 11.7 Å². The Labute approximate surface area is 122 Å². The summed E-state index contributed by atoms with van der Waals surface area (Å²) in [5.41, 5.74) is 6.97. The second-order valence-electron chi connectivity index (χ2n) is 4.18. The first-order valence-corrected chi connectivity index (χ1v) is 6.39. The molecule has 0 fully saturated rings. The first-order chi connectivity index (χ1) is 10.2. The van der Waals surface area contributed by atoms with E-state index >= 15 is 0 Å². The summed E-state index contributed by atoms with van der Waals surface area (Å²) in [7, 11) is 0. The first-order valence-electron chi connectivity index (χ1n) is 6.39.